The molecule has 190 valence electrons. The molecule has 0 fully saturated rings. The number of hydrogen-bond donors (Lipinski definition) is 4. The molecule has 0 aliphatic carbocycles. The number of nitrogens with zero attached hydrogens (tertiary/aromatic N) is 2. The van der Waals surface area contributed by atoms with Crippen LogP contribution in [-0.4, -0.2) is 47.3 Å². The first-order valence-corrected chi connectivity index (χ1v) is 11.9. The molecule has 5 N–H and O–H groups in total. The third-order valence-electron chi connectivity index (χ3n) is 6.63. The zero-order chi connectivity index (χ0) is 26.6. The maximum atomic E-state index is 14.5. The van der Waals surface area contributed by atoms with Crippen molar-refractivity contribution in [2.24, 2.45) is 5.73 Å². The van der Waals surface area contributed by atoms with Crippen molar-refractivity contribution in [2.45, 2.75) is 24.9 Å². The van der Waals surface area contributed by atoms with Gasteiger partial charge in [0.25, 0.3) is 5.91 Å². The Labute approximate surface area is 215 Å². The average Bonchev–Trinajstić information content (AvgIpc) is 3.00. The molecule has 0 radical (unpaired) electrons. The van der Waals surface area contributed by atoms with Gasteiger partial charge in [0, 0.05) is 25.7 Å². The molecule has 9 heteroatoms. The Balaban J connectivity index is 1.94. The number of nitrogens with one attached hydrogen (secondary N) is 2. The summed E-state index contributed by atoms with van der Waals surface area (Å²) in [5.41, 5.74) is 6.68. The fourth-order valence-corrected chi connectivity index (χ4v) is 4.84. The summed E-state index contributed by atoms with van der Waals surface area (Å²) in [4.78, 5) is 43.2. The number of aliphatic carboxylic acids is 1. The Morgan fingerprint density at radius 2 is 1.68 bits per heavy atom. The van der Waals surface area contributed by atoms with Crippen molar-refractivity contribution in [3.63, 3.8) is 0 Å². The van der Waals surface area contributed by atoms with E-state index in [9.17, 15) is 19.5 Å². The van der Waals surface area contributed by atoms with Crippen molar-refractivity contribution >= 4 is 29.4 Å². The van der Waals surface area contributed by atoms with Crippen LogP contribution in [0.25, 0.3) is 0 Å². The second-order valence-corrected chi connectivity index (χ2v) is 8.90. The van der Waals surface area contributed by atoms with Gasteiger partial charge in [-0.1, -0.05) is 72.8 Å². The van der Waals surface area contributed by atoms with E-state index in [4.69, 9.17) is 11.1 Å². The van der Waals surface area contributed by atoms with Gasteiger partial charge in [-0.3, -0.25) is 19.9 Å². The molecule has 1 aliphatic heterocycles. The summed E-state index contributed by atoms with van der Waals surface area (Å²) in [6, 6.07) is 22.5. The van der Waals surface area contributed by atoms with Crippen LogP contribution in [0.3, 0.4) is 0 Å². The lowest BCUT2D eigenvalue weighted by atomic mass is 9.82. The number of urea groups is 1. The van der Waals surface area contributed by atoms with Gasteiger partial charge in [0.05, 0.1) is 12.1 Å². The molecule has 0 aromatic heterocycles. The van der Waals surface area contributed by atoms with E-state index in [0.717, 1.165) is 11.1 Å². The number of carboxylic acids is 1. The number of carbonyl (C=O) groups excluding carboxylic acids is 2. The van der Waals surface area contributed by atoms with Gasteiger partial charge in [-0.25, -0.2) is 4.79 Å². The molecule has 1 aliphatic rings. The summed E-state index contributed by atoms with van der Waals surface area (Å²) in [7, 11) is 1.44. The number of carbonyl (C=O) groups is 3. The van der Waals surface area contributed by atoms with Gasteiger partial charge in [-0.15, -0.1) is 0 Å². The molecule has 0 spiro atoms. The van der Waals surface area contributed by atoms with Gasteiger partial charge in [0.2, 0.25) is 0 Å². The van der Waals surface area contributed by atoms with E-state index in [1.807, 2.05) is 42.5 Å². The van der Waals surface area contributed by atoms with Crippen molar-refractivity contribution < 1.29 is 19.5 Å². The Morgan fingerprint density at radius 3 is 2.30 bits per heavy atom. The highest BCUT2D eigenvalue weighted by Gasteiger charge is 2.54. The largest absolute Gasteiger partial charge is 0.481 e. The van der Waals surface area contributed by atoms with Crippen LogP contribution in [0.4, 0.5) is 10.5 Å². The summed E-state index contributed by atoms with van der Waals surface area (Å²) < 4.78 is 0. The number of nitrogen functional groups attached to an aromatic ring is 1. The topological polar surface area (TPSA) is 140 Å². The zero-order valence-electron chi connectivity index (χ0n) is 20.5. The fraction of sp³-hybridized carbons (Fsp3) is 0.214. The molecule has 3 aromatic rings. The molecule has 9 nitrogen and oxygen atoms in total. The zero-order valence-corrected chi connectivity index (χ0v) is 20.5. The minimum absolute atomic E-state index is 0.163. The lowest BCUT2D eigenvalue weighted by molar-refractivity contribution is -0.146. The third-order valence-corrected chi connectivity index (χ3v) is 6.63. The van der Waals surface area contributed by atoms with Gasteiger partial charge < -0.3 is 21.1 Å². The number of rotatable bonds is 7. The first-order chi connectivity index (χ1) is 17.8. The van der Waals surface area contributed by atoms with Gasteiger partial charge in [-0.05, 0) is 29.2 Å². The van der Waals surface area contributed by atoms with Crippen LogP contribution in [-0.2, 0) is 28.1 Å². The number of fused-ring (bicyclic) bond motifs is 1. The Hall–Kier alpha value is -4.66. The summed E-state index contributed by atoms with van der Waals surface area (Å²) in [5.74, 6) is -1.90. The Bertz CT molecular complexity index is 1330. The van der Waals surface area contributed by atoms with E-state index in [-0.39, 0.29) is 12.4 Å². The van der Waals surface area contributed by atoms with Crippen molar-refractivity contribution in [1.82, 2.24) is 10.2 Å². The molecule has 3 amide bonds. The SMILES string of the molecule is CNC(=O)N1c2ccccc2CN(CCc2ccccc2)C(=O)C1(CC(=O)O)c1ccc(C(=N)N)cc1. The predicted octanol–water partition coefficient (Wildman–Crippen LogP) is 3.07. The lowest BCUT2D eigenvalue weighted by Gasteiger charge is -2.42. The standard InChI is InChI=1S/C28H29N5O4/c1-31-27(37)33-23-10-6-5-9-21(23)18-32(16-15-19-7-3-2-4-8-19)26(36)28(33,17-24(34)35)22-13-11-20(12-14-22)25(29)30/h2-14H,15-18H2,1H3,(H3,29,30)(H,31,37)(H,34,35). The number of hydrogen-bond acceptors (Lipinski definition) is 4. The molecular formula is C28H29N5O4. The molecule has 4 rings (SSSR count). The number of carboxylic acid groups (broad SMARTS) is 1. The average molecular weight is 500 g/mol. The molecule has 1 heterocycles. The monoisotopic (exact) mass is 499 g/mol. The van der Waals surface area contributed by atoms with Crippen LogP contribution in [0.2, 0.25) is 0 Å². The number of anilines is 1. The highest BCUT2D eigenvalue weighted by molar-refractivity contribution is 6.06. The molecule has 1 unspecified atom stereocenters. The van der Waals surface area contributed by atoms with Gasteiger partial charge >= 0.3 is 12.0 Å². The quantitative estimate of drug-likeness (QED) is 0.292. The van der Waals surface area contributed by atoms with Crippen LogP contribution in [0.15, 0.2) is 78.9 Å². The number of para-hydroxylation sites is 1. The second-order valence-electron chi connectivity index (χ2n) is 8.90. The van der Waals surface area contributed by atoms with Gasteiger partial charge in [0.15, 0.2) is 5.54 Å². The molecule has 37 heavy (non-hydrogen) atoms. The number of benzene rings is 3. The van der Waals surface area contributed by atoms with Crippen molar-refractivity contribution in [3.8, 4) is 0 Å². The van der Waals surface area contributed by atoms with Crippen LogP contribution in [0, 0.1) is 5.41 Å². The lowest BCUT2D eigenvalue weighted by Crippen LogP contribution is -2.61. The smallest absolute Gasteiger partial charge is 0.322 e. The highest BCUT2D eigenvalue weighted by Crippen LogP contribution is 2.43. The van der Waals surface area contributed by atoms with E-state index in [0.29, 0.717) is 29.8 Å². The first-order valence-electron chi connectivity index (χ1n) is 11.9. The van der Waals surface area contributed by atoms with Crippen LogP contribution < -0.4 is 16.0 Å². The van der Waals surface area contributed by atoms with E-state index in [1.165, 1.54) is 11.9 Å². The fourth-order valence-electron chi connectivity index (χ4n) is 4.84. The van der Waals surface area contributed by atoms with Gasteiger partial charge in [-0.2, -0.15) is 0 Å². The maximum Gasteiger partial charge on any atom is 0.322 e. The number of amidine groups is 1. The van der Waals surface area contributed by atoms with E-state index in [2.05, 4.69) is 5.32 Å². The van der Waals surface area contributed by atoms with Crippen molar-refractivity contribution in [3.05, 3.63) is 101 Å². The summed E-state index contributed by atoms with van der Waals surface area (Å²) in [5, 5.41) is 20.4. The molecule has 0 bridgehead atoms. The summed E-state index contributed by atoms with van der Waals surface area (Å²) >= 11 is 0. The van der Waals surface area contributed by atoms with Gasteiger partial charge in [0.1, 0.15) is 5.84 Å². The van der Waals surface area contributed by atoms with E-state index < -0.39 is 29.9 Å². The Morgan fingerprint density at radius 1 is 1.03 bits per heavy atom. The van der Waals surface area contributed by atoms with Crippen molar-refractivity contribution in [1.29, 1.82) is 5.41 Å². The van der Waals surface area contributed by atoms with E-state index >= 15 is 0 Å². The van der Waals surface area contributed by atoms with E-state index in [1.54, 1.807) is 41.3 Å². The minimum atomic E-state index is -1.88. The Kier molecular flexibility index (Phi) is 7.24. The van der Waals surface area contributed by atoms with Crippen LogP contribution in [0.1, 0.15) is 28.7 Å². The number of amides is 3. The second kappa shape index (κ2) is 10.5. The molecule has 0 saturated heterocycles. The minimum Gasteiger partial charge on any atom is -0.481 e. The summed E-state index contributed by atoms with van der Waals surface area (Å²) in [6.07, 6.45) is -0.101. The normalized spacial score (nSPS) is 17.1. The predicted molar refractivity (Wildman–Crippen MR) is 140 cm³/mol. The molecule has 3 aromatic carbocycles. The summed E-state index contributed by atoms with van der Waals surface area (Å²) in [6.45, 7) is 0.536. The molecule has 1 atom stereocenters. The third kappa shape index (κ3) is 4.88. The number of nitrogens with two attached hydrogens (primary N) is 1. The maximum absolute atomic E-state index is 14.5. The van der Waals surface area contributed by atoms with Crippen molar-refractivity contribution in [2.75, 3.05) is 18.5 Å². The highest BCUT2D eigenvalue weighted by atomic mass is 16.4. The molecular weight excluding hydrogens is 470 g/mol. The molecule has 0 saturated carbocycles. The van der Waals surface area contributed by atoms with Crippen LogP contribution in [0.5, 0.6) is 0 Å². The van der Waals surface area contributed by atoms with Crippen LogP contribution >= 0.6 is 0 Å². The first kappa shape index (κ1) is 25.4.